The number of allylic oxidation sites excluding steroid dienone is 2. The largest absolute Gasteiger partial charge is 0.416 e. The van der Waals surface area contributed by atoms with Crippen LogP contribution in [-0.4, -0.2) is 51.1 Å². The van der Waals surface area contributed by atoms with Gasteiger partial charge in [-0.1, -0.05) is 18.2 Å². The molecule has 1 heterocycles. The standard InChI is InChI=1S/C29H30F3N3O5/c1-18-24(19(2)36)25(21-10-8-20(17-33)9-11-21)26(27(37)34-12-5-13-40-15-14-39-3)28(38)35(18)23-7-4-6-22(16-23)29(30,31)32/h4,6-11,16,25-26H,5,12-15H2,1-3H3,(H,34,37). The van der Waals surface area contributed by atoms with Gasteiger partial charge in [0.1, 0.15) is 5.92 Å². The van der Waals surface area contributed by atoms with Crippen LogP contribution in [0.25, 0.3) is 0 Å². The van der Waals surface area contributed by atoms with E-state index < -0.39 is 41.2 Å². The molecule has 0 bridgehead atoms. The van der Waals surface area contributed by atoms with E-state index in [1.807, 2.05) is 6.07 Å². The van der Waals surface area contributed by atoms with Gasteiger partial charge >= 0.3 is 6.18 Å². The average Bonchev–Trinajstić information content (AvgIpc) is 2.91. The molecule has 1 aliphatic heterocycles. The third-order valence-electron chi connectivity index (χ3n) is 6.54. The van der Waals surface area contributed by atoms with Gasteiger partial charge in [0, 0.05) is 43.1 Å². The first-order valence-corrected chi connectivity index (χ1v) is 12.6. The molecule has 3 rings (SSSR count). The van der Waals surface area contributed by atoms with E-state index in [1.165, 1.54) is 32.0 Å². The molecule has 0 fully saturated rings. The smallest absolute Gasteiger partial charge is 0.382 e. The molecule has 0 aromatic heterocycles. The normalized spacial score (nSPS) is 17.5. The number of nitriles is 1. The molecule has 8 nitrogen and oxygen atoms in total. The number of ether oxygens (including phenoxy) is 2. The van der Waals surface area contributed by atoms with E-state index in [-0.39, 0.29) is 23.5 Å². The molecule has 0 aliphatic carbocycles. The van der Waals surface area contributed by atoms with Crippen LogP contribution < -0.4 is 10.2 Å². The minimum atomic E-state index is -4.66. The number of carbonyl (C=O) groups excluding carboxylic acids is 3. The molecule has 2 aromatic carbocycles. The average molecular weight is 558 g/mol. The summed E-state index contributed by atoms with van der Waals surface area (Å²) in [6.07, 6.45) is -4.23. The number of anilines is 1. The first-order chi connectivity index (χ1) is 19.0. The number of benzene rings is 2. The summed E-state index contributed by atoms with van der Waals surface area (Å²) in [5, 5.41) is 11.9. The second kappa shape index (κ2) is 13.4. The van der Waals surface area contributed by atoms with Gasteiger partial charge in [0.25, 0.3) is 0 Å². The summed E-state index contributed by atoms with van der Waals surface area (Å²) >= 11 is 0. The van der Waals surface area contributed by atoms with Crippen LogP contribution in [0.1, 0.15) is 42.9 Å². The number of alkyl halides is 3. The molecule has 0 saturated heterocycles. The fourth-order valence-corrected chi connectivity index (χ4v) is 4.70. The number of amides is 2. The Kier molecular flexibility index (Phi) is 10.2. The number of hydrogen-bond donors (Lipinski definition) is 1. The van der Waals surface area contributed by atoms with Crippen molar-refractivity contribution >= 4 is 23.3 Å². The lowest BCUT2D eigenvalue weighted by Gasteiger charge is -2.39. The maximum Gasteiger partial charge on any atom is 0.416 e. The summed E-state index contributed by atoms with van der Waals surface area (Å²) in [5.74, 6) is -4.37. The predicted octanol–water partition coefficient (Wildman–Crippen LogP) is 4.36. The summed E-state index contributed by atoms with van der Waals surface area (Å²) in [6, 6.07) is 12.3. The van der Waals surface area contributed by atoms with Crippen LogP contribution >= 0.6 is 0 Å². The maximum absolute atomic E-state index is 14.0. The van der Waals surface area contributed by atoms with Gasteiger partial charge in [-0.15, -0.1) is 0 Å². The molecule has 2 unspecified atom stereocenters. The van der Waals surface area contributed by atoms with Crippen LogP contribution in [0.5, 0.6) is 0 Å². The van der Waals surface area contributed by atoms with Crippen molar-refractivity contribution in [3.63, 3.8) is 0 Å². The minimum Gasteiger partial charge on any atom is -0.382 e. The highest BCUT2D eigenvalue weighted by Gasteiger charge is 2.47. The van der Waals surface area contributed by atoms with Gasteiger partial charge in [-0.2, -0.15) is 18.4 Å². The SMILES string of the molecule is COCCOCCCNC(=O)C1C(=O)N(c2cccc(C(F)(F)F)c2)C(C)=C(C(C)=O)C1c1ccc(C#N)cc1. The van der Waals surface area contributed by atoms with Gasteiger partial charge in [0.2, 0.25) is 11.8 Å². The highest BCUT2D eigenvalue weighted by Crippen LogP contribution is 2.43. The molecule has 0 spiro atoms. The molecule has 2 atom stereocenters. The number of carbonyl (C=O) groups is 3. The molecular weight excluding hydrogens is 527 g/mol. The molecule has 0 saturated carbocycles. The van der Waals surface area contributed by atoms with E-state index in [9.17, 15) is 32.8 Å². The molecule has 1 N–H and O–H groups in total. The topological polar surface area (TPSA) is 109 Å². The van der Waals surface area contributed by atoms with Crippen LogP contribution in [0.15, 0.2) is 59.8 Å². The number of nitrogens with one attached hydrogen (secondary N) is 1. The van der Waals surface area contributed by atoms with Crippen LogP contribution in [0.3, 0.4) is 0 Å². The fourth-order valence-electron chi connectivity index (χ4n) is 4.70. The Labute approximate surface area is 230 Å². The molecule has 2 amide bonds. The number of ketones is 1. The van der Waals surface area contributed by atoms with Gasteiger partial charge in [-0.3, -0.25) is 19.3 Å². The molecule has 0 radical (unpaired) electrons. The van der Waals surface area contributed by atoms with Crippen LogP contribution in [0.4, 0.5) is 18.9 Å². The van der Waals surface area contributed by atoms with Crippen molar-refractivity contribution < 1.29 is 37.0 Å². The number of rotatable bonds is 11. The zero-order valence-corrected chi connectivity index (χ0v) is 22.4. The Hall–Kier alpha value is -4.01. The van der Waals surface area contributed by atoms with Gasteiger partial charge in [-0.25, -0.2) is 0 Å². The second-order valence-electron chi connectivity index (χ2n) is 9.22. The molecule has 40 heavy (non-hydrogen) atoms. The summed E-state index contributed by atoms with van der Waals surface area (Å²) in [5.41, 5.74) is -0.0522. The quantitative estimate of drug-likeness (QED) is 0.325. The number of halogens is 3. The third kappa shape index (κ3) is 6.94. The Morgan fingerprint density at radius 3 is 2.40 bits per heavy atom. The fraction of sp³-hybridized carbons (Fsp3) is 0.379. The van der Waals surface area contributed by atoms with E-state index in [2.05, 4.69) is 5.32 Å². The molecule has 1 aliphatic rings. The Morgan fingerprint density at radius 1 is 1.10 bits per heavy atom. The first-order valence-electron chi connectivity index (χ1n) is 12.6. The van der Waals surface area contributed by atoms with Gasteiger partial charge in [0.05, 0.1) is 30.4 Å². The van der Waals surface area contributed by atoms with E-state index in [0.29, 0.717) is 37.4 Å². The van der Waals surface area contributed by atoms with E-state index >= 15 is 0 Å². The van der Waals surface area contributed by atoms with E-state index in [4.69, 9.17) is 9.47 Å². The lowest BCUT2D eigenvalue weighted by molar-refractivity contribution is -0.138. The number of hydrogen-bond acceptors (Lipinski definition) is 6. The third-order valence-corrected chi connectivity index (χ3v) is 6.54. The maximum atomic E-state index is 14.0. The monoisotopic (exact) mass is 557 g/mol. The van der Waals surface area contributed by atoms with Crippen LogP contribution in [0.2, 0.25) is 0 Å². The number of methoxy groups -OCH3 is 1. The minimum absolute atomic E-state index is 0.112. The lowest BCUT2D eigenvalue weighted by Crippen LogP contribution is -2.51. The zero-order valence-electron chi connectivity index (χ0n) is 22.4. The van der Waals surface area contributed by atoms with Crippen molar-refractivity contribution in [2.24, 2.45) is 5.92 Å². The Morgan fingerprint density at radius 2 is 1.80 bits per heavy atom. The molecule has 2 aromatic rings. The van der Waals surface area contributed by atoms with E-state index in [0.717, 1.165) is 23.1 Å². The Balaban J connectivity index is 2.06. The lowest BCUT2D eigenvalue weighted by atomic mass is 9.74. The van der Waals surface area contributed by atoms with Crippen molar-refractivity contribution in [1.82, 2.24) is 5.32 Å². The summed E-state index contributed by atoms with van der Waals surface area (Å²) in [7, 11) is 1.54. The summed E-state index contributed by atoms with van der Waals surface area (Å²) in [6.45, 7) is 4.04. The summed E-state index contributed by atoms with van der Waals surface area (Å²) in [4.78, 5) is 41.5. The van der Waals surface area contributed by atoms with Crippen molar-refractivity contribution in [2.75, 3.05) is 38.4 Å². The Bertz CT molecular complexity index is 1320. The number of Topliss-reactive ketones (excluding diaryl/α,β-unsaturated/α-hetero) is 1. The van der Waals surface area contributed by atoms with Crippen molar-refractivity contribution in [2.45, 2.75) is 32.4 Å². The van der Waals surface area contributed by atoms with Gasteiger partial charge < -0.3 is 14.8 Å². The highest BCUT2D eigenvalue weighted by atomic mass is 19.4. The summed E-state index contributed by atoms with van der Waals surface area (Å²) < 4.78 is 50.7. The highest BCUT2D eigenvalue weighted by molar-refractivity contribution is 6.15. The first kappa shape index (κ1) is 30.5. The second-order valence-corrected chi connectivity index (χ2v) is 9.22. The van der Waals surface area contributed by atoms with Crippen molar-refractivity contribution in [3.8, 4) is 6.07 Å². The van der Waals surface area contributed by atoms with Gasteiger partial charge in [-0.05, 0) is 56.2 Å². The van der Waals surface area contributed by atoms with Crippen molar-refractivity contribution in [1.29, 1.82) is 5.26 Å². The predicted molar refractivity (Wildman–Crippen MR) is 140 cm³/mol. The van der Waals surface area contributed by atoms with Crippen LogP contribution in [0, 0.1) is 17.2 Å². The van der Waals surface area contributed by atoms with E-state index in [1.54, 1.807) is 19.2 Å². The zero-order chi connectivity index (χ0) is 29.4. The molecule has 11 heteroatoms. The van der Waals surface area contributed by atoms with Crippen LogP contribution in [-0.2, 0) is 30.0 Å². The van der Waals surface area contributed by atoms with Crippen molar-refractivity contribution in [3.05, 3.63) is 76.5 Å². The molecular formula is C29H30F3N3O5. The molecule has 212 valence electrons. The number of nitrogens with zero attached hydrogens (tertiary/aromatic N) is 2. The van der Waals surface area contributed by atoms with Gasteiger partial charge in [0.15, 0.2) is 5.78 Å².